The summed E-state index contributed by atoms with van der Waals surface area (Å²) < 4.78 is 5.44. The van der Waals surface area contributed by atoms with E-state index in [4.69, 9.17) is 10.00 Å². The predicted molar refractivity (Wildman–Crippen MR) is 58.6 cm³/mol. The first-order chi connectivity index (χ1) is 7.88. The average molecular weight is 209 g/mol. The summed E-state index contributed by atoms with van der Waals surface area (Å²) in [6.45, 7) is 0.466. The zero-order valence-corrected chi connectivity index (χ0v) is 8.55. The Morgan fingerprint density at radius 3 is 2.62 bits per heavy atom. The van der Waals surface area contributed by atoms with Gasteiger partial charge >= 0.3 is 0 Å². The number of hydrogen-bond donors (Lipinski definition) is 0. The van der Waals surface area contributed by atoms with Gasteiger partial charge in [-0.2, -0.15) is 5.26 Å². The van der Waals surface area contributed by atoms with Gasteiger partial charge in [0.2, 0.25) is 5.88 Å². The first-order valence-electron chi connectivity index (χ1n) is 4.84. The monoisotopic (exact) mass is 209 g/mol. The molecule has 16 heavy (non-hydrogen) atoms. The molecule has 3 nitrogen and oxygen atoms in total. The summed E-state index contributed by atoms with van der Waals surface area (Å²) in [4.78, 5) is 3.89. The van der Waals surface area contributed by atoms with Crippen molar-refractivity contribution in [2.75, 3.05) is 0 Å². The molecule has 1 aromatic carbocycles. The Morgan fingerprint density at radius 1 is 1.19 bits per heavy atom. The molecule has 0 spiro atoms. The molecule has 1 heterocycles. The van der Waals surface area contributed by atoms with Crippen LogP contribution < -0.4 is 4.74 Å². The van der Waals surface area contributed by atoms with Crippen LogP contribution in [-0.2, 0) is 6.61 Å². The van der Waals surface area contributed by atoms with E-state index in [1.165, 1.54) is 0 Å². The second-order valence-corrected chi connectivity index (χ2v) is 3.19. The number of rotatable bonds is 3. The summed E-state index contributed by atoms with van der Waals surface area (Å²) in [5.41, 5.74) is 1.49. The molecule has 0 fully saturated rings. The third kappa shape index (κ3) is 2.58. The van der Waals surface area contributed by atoms with E-state index >= 15 is 0 Å². The number of aromatic nitrogens is 1. The quantitative estimate of drug-likeness (QED) is 0.779. The van der Waals surface area contributed by atoms with Crippen molar-refractivity contribution in [2.45, 2.75) is 6.61 Å². The van der Waals surface area contributed by atoms with Crippen LogP contribution in [0.5, 0.6) is 5.88 Å². The predicted octanol–water partition coefficient (Wildman–Crippen LogP) is 2.33. The highest BCUT2D eigenvalue weighted by atomic mass is 16.5. The number of nitriles is 1. The van der Waals surface area contributed by atoms with E-state index in [1.807, 2.05) is 36.4 Å². The largest absolute Gasteiger partial charge is 0.473 e. The third-order valence-electron chi connectivity index (χ3n) is 2.03. The molecule has 0 atom stereocenters. The molecule has 0 aliphatic heterocycles. The van der Waals surface area contributed by atoms with Crippen LogP contribution in [0.25, 0.3) is 0 Å². The van der Waals surface area contributed by atoms with Crippen molar-refractivity contribution in [3.63, 3.8) is 0 Å². The molecule has 0 saturated carbocycles. The molecule has 0 N–H and O–H groups in total. The molecule has 1 aromatic heterocycles. The molecular weight excluding hydrogens is 200 g/mol. The molecular formula is C13H9N2O. The maximum atomic E-state index is 8.57. The van der Waals surface area contributed by atoms with E-state index in [-0.39, 0.29) is 0 Å². The first kappa shape index (κ1) is 10.2. The van der Waals surface area contributed by atoms with Crippen LogP contribution in [0.15, 0.2) is 42.5 Å². The number of ether oxygens (including phenoxy) is 1. The summed E-state index contributed by atoms with van der Waals surface area (Å²) in [6.07, 6.45) is 2.59. The Labute approximate surface area is 93.9 Å². The van der Waals surface area contributed by atoms with Crippen LogP contribution in [-0.4, -0.2) is 4.98 Å². The van der Waals surface area contributed by atoms with E-state index in [2.05, 4.69) is 11.2 Å². The average Bonchev–Trinajstić information content (AvgIpc) is 2.38. The Hall–Kier alpha value is -2.34. The SMILES string of the molecule is N#Cc1[c]nc(OCc2ccccc2)cc1. The van der Waals surface area contributed by atoms with Crippen molar-refractivity contribution < 1.29 is 4.74 Å². The fraction of sp³-hybridized carbons (Fsp3) is 0.0769. The Kier molecular flexibility index (Phi) is 3.15. The molecule has 2 rings (SSSR count). The van der Waals surface area contributed by atoms with Crippen LogP contribution in [0.2, 0.25) is 0 Å². The van der Waals surface area contributed by atoms with Gasteiger partial charge < -0.3 is 4.74 Å². The highest BCUT2D eigenvalue weighted by Crippen LogP contribution is 2.09. The van der Waals surface area contributed by atoms with Gasteiger partial charge in [-0.05, 0) is 11.6 Å². The lowest BCUT2D eigenvalue weighted by Crippen LogP contribution is -1.96. The normalized spacial score (nSPS) is 9.44. The minimum atomic E-state index is 0.409. The van der Waals surface area contributed by atoms with Gasteiger partial charge in [0, 0.05) is 6.07 Å². The molecule has 1 radical (unpaired) electrons. The van der Waals surface area contributed by atoms with Crippen LogP contribution in [0.4, 0.5) is 0 Å². The number of pyridine rings is 1. The Bertz CT molecular complexity index is 486. The zero-order chi connectivity index (χ0) is 11.2. The number of nitrogens with zero attached hydrogens (tertiary/aromatic N) is 2. The second kappa shape index (κ2) is 4.94. The Balaban J connectivity index is 1.98. The summed E-state index contributed by atoms with van der Waals surface area (Å²) in [5.74, 6) is 0.475. The summed E-state index contributed by atoms with van der Waals surface area (Å²) >= 11 is 0. The van der Waals surface area contributed by atoms with Gasteiger partial charge in [-0.25, -0.2) is 4.98 Å². The maximum Gasteiger partial charge on any atom is 0.214 e. The molecule has 0 unspecified atom stereocenters. The van der Waals surface area contributed by atoms with Gasteiger partial charge in [-0.15, -0.1) is 0 Å². The summed E-state index contributed by atoms with van der Waals surface area (Å²) in [6, 6.07) is 15.1. The fourth-order valence-electron chi connectivity index (χ4n) is 1.22. The lowest BCUT2D eigenvalue weighted by Gasteiger charge is -2.04. The van der Waals surface area contributed by atoms with Crippen molar-refractivity contribution in [3.05, 3.63) is 59.8 Å². The summed E-state index contributed by atoms with van der Waals surface area (Å²) in [7, 11) is 0. The van der Waals surface area contributed by atoms with Crippen LogP contribution >= 0.6 is 0 Å². The van der Waals surface area contributed by atoms with E-state index in [9.17, 15) is 0 Å². The lowest BCUT2D eigenvalue weighted by molar-refractivity contribution is 0.293. The number of benzene rings is 1. The fourth-order valence-corrected chi connectivity index (χ4v) is 1.22. The van der Waals surface area contributed by atoms with Crippen molar-refractivity contribution in [2.24, 2.45) is 0 Å². The summed E-state index contributed by atoms with van der Waals surface area (Å²) in [5, 5.41) is 8.57. The highest BCUT2D eigenvalue weighted by molar-refractivity contribution is 5.27. The Morgan fingerprint density at radius 2 is 2.00 bits per heavy atom. The van der Waals surface area contributed by atoms with Crippen molar-refractivity contribution in [1.29, 1.82) is 5.26 Å². The van der Waals surface area contributed by atoms with E-state index in [0.29, 0.717) is 18.1 Å². The van der Waals surface area contributed by atoms with Crippen molar-refractivity contribution in [3.8, 4) is 11.9 Å². The molecule has 0 aliphatic carbocycles. The topological polar surface area (TPSA) is 45.9 Å². The first-order valence-corrected chi connectivity index (χ1v) is 4.84. The van der Waals surface area contributed by atoms with Crippen LogP contribution in [0.1, 0.15) is 11.1 Å². The second-order valence-electron chi connectivity index (χ2n) is 3.19. The molecule has 0 aliphatic rings. The van der Waals surface area contributed by atoms with Gasteiger partial charge in [0.15, 0.2) is 0 Å². The van der Waals surface area contributed by atoms with Crippen LogP contribution in [0, 0.1) is 17.5 Å². The minimum Gasteiger partial charge on any atom is -0.473 e. The third-order valence-corrected chi connectivity index (χ3v) is 2.03. The molecule has 0 amide bonds. The van der Waals surface area contributed by atoms with E-state index < -0.39 is 0 Å². The molecule has 3 heteroatoms. The van der Waals surface area contributed by atoms with Crippen molar-refractivity contribution in [1.82, 2.24) is 4.98 Å². The highest BCUT2D eigenvalue weighted by Gasteiger charge is 1.97. The van der Waals surface area contributed by atoms with Gasteiger partial charge in [0.25, 0.3) is 0 Å². The standard InChI is InChI=1S/C13H9N2O/c14-8-12-6-7-13(15-9-12)16-10-11-4-2-1-3-5-11/h1-7H,10H2. The van der Waals surface area contributed by atoms with Crippen LogP contribution in [0.3, 0.4) is 0 Å². The van der Waals surface area contributed by atoms with Gasteiger partial charge in [-0.1, -0.05) is 30.3 Å². The molecule has 0 bridgehead atoms. The molecule has 77 valence electrons. The smallest absolute Gasteiger partial charge is 0.214 e. The minimum absolute atomic E-state index is 0.409. The number of hydrogen-bond acceptors (Lipinski definition) is 3. The maximum absolute atomic E-state index is 8.57. The van der Waals surface area contributed by atoms with Gasteiger partial charge in [0.1, 0.15) is 18.9 Å². The lowest BCUT2D eigenvalue weighted by atomic mass is 10.2. The van der Waals surface area contributed by atoms with Gasteiger partial charge in [-0.3, -0.25) is 0 Å². The van der Waals surface area contributed by atoms with E-state index in [1.54, 1.807) is 12.1 Å². The van der Waals surface area contributed by atoms with Gasteiger partial charge in [0.05, 0.1) is 5.56 Å². The molecule has 0 saturated heterocycles. The van der Waals surface area contributed by atoms with Crippen molar-refractivity contribution >= 4 is 0 Å². The van der Waals surface area contributed by atoms with E-state index in [0.717, 1.165) is 5.56 Å². The molecule has 2 aromatic rings. The zero-order valence-electron chi connectivity index (χ0n) is 8.55.